The van der Waals surface area contributed by atoms with E-state index in [1.54, 1.807) is 23.6 Å². The van der Waals surface area contributed by atoms with E-state index >= 15 is 0 Å². The van der Waals surface area contributed by atoms with Gasteiger partial charge in [-0.15, -0.1) is 5.10 Å². The number of methoxy groups -OCH3 is 1. The van der Waals surface area contributed by atoms with Crippen LogP contribution in [0.1, 0.15) is 87.5 Å². The summed E-state index contributed by atoms with van der Waals surface area (Å²) in [6.45, 7) is 16.4. The molecule has 1 amide bonds. The number of ether oxygens (including phenoxy) is 5. The average molecular weight is 828 g/mol. The lowest BCUT2D eigenvalue weighted by Gasteiger charge is -2.46. The lowest BCUT2D eigenvalue weighted by atomic mass is 9.78. The molecule has 3 aliphatic rings. The van der Waals surface area contributed by atoms with E-state index in [1.807, 2.05) is 84.1 Å². The highest BCUT2D eigenvalue weighted by Crippen LogP contribution is 2.40. The fourth-order valence-electron chi connectivity index (χ4n) is 9.45. The van der Waals surface area contributed by atoms with Crippen LogP contribution in [0.3, 0.4) is 0 Å². The number of hydrogen-bond acceptors (Lipinski definition) is 14. The van der Waals surface area contributed by atoms with Gasteiger partial charge in [-0.3, -0.25) is 19.2 Å². The van der Waals surface area contributed by atoms with Crippen LogP contribution in [-0.4, -0.2) is 142 Å². The van der Waals surface area contributed by atoms with Gasteiger partial charge in [-0.25, -0.2) is 4.79 Å². The molecule has 0 radical (unpaired) electrons. The first-order valence-corrected chi connectivity index (χ1v) is 21.3. The number of aliphatic hydroxyl groups is 1. The summed E-state index contributed by atoms with van der Waals surface area (Å²) in [7, 11) is 5.39. The number of cyclic esters (lactones) is 1. The van der Waals surface area contributed by atoms with Crippen LogP contribution in [0.5, 0.6) is 0 Å². The number of unbranched alkanes of at least 4 members (excludes halogenated alkanes) is 1. The molecule has 3 aliphatic heterocycles. The number of hydrogen-bond donors (Lipinski definition) is 3. The van der Waals surface area contributed by atoms with Crippen molar-refractivity contribution in [3.05, 3.63) is 30.5 Å². The van der Waals surface area contributed by atoms with Crippen molar-refractivity contribution < 1.29 is 43.2 Å². The predicted octanol–water partition coefficient (Wildman–Crippen LogP) is 4.28. The maximum absolute atomic E-state index is 14.4. The normalized spacial score (nSPS) is 36.5. The molecule has 16 heteroatoms. The van der Waals surface area contributed by atoms with Crippen LogP contribution in [0.2, 0.25) is 0 Å². The van der Waals surface area contributed by atoms with Gasteiger partial charge >= 0.3 is 12.1 Å². The van der Waals surface area contributed by atoms with Gasteiger partial charge < -0.3 is 44.7 Å². The van der Waals surface area contributed by atoms with Crippen molar-refractivity contribution in [2.45, 2.75) is 154 Å². The Bertz CT molecular complexity index is 1740. The number of aromatic nitrogens is 3. The van der Waals surface area contributed by atoms with E-state index in [0.717, 1.165) is 11.3 Å². The van der Waals surface area contributed by atoms with Crippen LogP contribution >= 0.6 is 0 Å². The molecular formula is C43H69N7O9. The van der Waals surface area contributed by atoms with E-state index in [2.05, 4.69) is 22.6 Å². The lowest BCUT2D eigenvalue weighted by Crippen LogP contribution is -2.61. The van der Waals surface area contributed by atoms with E-state index < -0.39 is 71.5 Å². The van der Waals surface area contributed by atoms with Crippen molar-refractivity contribution in [2.24, 2.45) is 17.8 Å². The third kappa shape index (κ3) is 10.3. The Hall–Kier alpha value is -3.67. The van der Waals surface area contributed by atoms with Gasteiger partial charge in [0.05, 0.1) is 30.0 Å². The number of aliphatic hydroxyl groups excluding tert-OH is 1. The highest BCUT2D eigenvalue weighted by Gasteiger charge is 2.58. The highest BCUT2D eigenvalue weighted by atomic mass is 16.7. The number of nitrogens with one attached hydrogen (secondary N) is 1. The number of fused-ring (bicyclic) bond motifs is 1. The second kappa shape index (κ2) is 19.4. The monoisotopic (exact) mass is 828 g/mol. The molecule has 16 nitrogen and oxygen atoms in total. The summed E-state index contributed by atoms with van der Waals surface area (Å²) in [6.07, 6.45) is 0.194. The predicted molar refractivity (Wildman–Crippen MR) is 222 cm³/mol. The number of nitrogens with zero attached hydrogens (tertiary/aromatic N) is 5. The molecule has 3 saturated heterocycles. The van der Waals surface area contributed by atoms with Crippen LogP contribution in [0.25, 0.3) is 11.3 Å². The number of anilines is 1. The number of Topliss-reactive ketones (excluding diaryl/α,β-unsaturated/α-hetero) is 1. The van der Waals surface area contributed by atoms with E-state index in [1.165, 1.54) is 6.92 Å². The fraction of sp³-hybridized carbons (Fsp3) is 0.744. The minimum atomic E-state index is -1.23. The largest absolute Gasteiger partial charge is 0.458 e. The minimum absolute atomic E-state index is 0.0125. The number of esters is 1. The van der Waals surface area contributed by atoms with Crippen molar-refractivity contribution in [1.29, 1.82) is 0 Å². The molecule has 2 aromatic rings. The second-order valence-electron chi connectivity index (χ2n) is 17.8. The summed E-state index contributed by atoms with van der Waals surface area (Å²) < 4.78 is 33.3. The van der Waals surface area contributed by atoms with Gasteiger partial charge in [0, 0.05) is 49.5 Å². The van der Waals surface area contributed by atoms with Crippen LogP contribution in [-0.2, 0) is 39.8 Å². The molecule has 13 atom stereocenters. The molecule has 1 aromatic heterocycles. The van der Waals surface area contributed by atoms with E-state index in [-0.39, 0.29) is 24.1 Å². The molecule has 4 N–H and O–H groups in total. The van der Waals surface area contributed by atoms with E-state index in [0.29, 0.717) is 57.4 Å². The van der Waals surface area contributed by atoms with Crippen molar-refractivity contribution in [3.63, 3.8) is 0 Å². The summed E-state index contributed by atoms with van der Waals surface area (Å²) >= 11 is 0. The summed E-state index contributed by atoms with van der Waals surface area (Å²) in [5, 5.41) is 23.7. The fourth-order valence-corrected chi connectivity index (χ4v) is 9.45. The molecule has 59 heavy (non-hydrogen) atoms. The van der Waals surface area contributed by atoms with Crippen LogP contribution in [0.15, 0.2) is 30.5 Å². The Morgan fingerprint density at radius 1 is 1.08 bits per heavy atom. The second-order valence-corrected chi connectivity index (χ2v) is 17.8. The van der Waals surface area contributed by atoms with Crippen molar-refractivity contribution >= 4 is 23.5 Å². The van der Waals surface area contributed by atoms with Crippen LogP contribution < -0.4 is 11.1 Å². The van der Waals surface area contributed by atoms with Crippen molar-refractivity contribution in [3.8, 4) is 11.3 Å². The zero-order chi connectivity index (χ0) is 43.4. The molecule has 5 rings (SSSR count). The smallest absolute Gasteiger partial charge is 0.410 e. The molecule has 3 fully saturated rings. The maximum atomic E-state index is 14.4. The third-order valence-corrected chi connectivity index (χ3v) is 12.8. The number of ketones is 1. The number of likely N-dealkylation sites (N-methyl/N-ethyl adjacent to an activating group) is 1. The Morgan fingerprint density at radius 2 is 1.80 bits per heavy atom. The number of carbonyl (C=O) groups excluding carboxylic acids is 3. The summed E-state index contributed by atoms with van der Waals surface area (Å²) in [6, 6.07) is 6.46. The highest BCUT2D eigenvalue weighted by molar-refractivity contribution is 6.00. The molecule has 4 heterocycles. The first-order chi connectivity index (χ1) is 27.8. The average Bonchev–Trinajstić information content (AvgIpc) is 3.77. The Balaban J connectivity index is 1.38. The van der Waals surface area contributed by atoms with Crippen molar-refractivity contribution in [1.82, 2.24) is 30.1 Å². The summed E-state index contributed by atoms with van der Waals surface area (Å²) in [5.74, 6) is -3.16. The number of aryl methyl sites for hydroxylation is 1. The first-order valence-electron chi connectivity index (χ1n) is 21.3. The van der Waals surface area contributed by atoms with Gasteiger partial charge in [-0.2, -0.15) is 0 Å². The topological polar surface area (TPSA) is 193 Å². The molecular weight excluding hydrogens is 759 g/mol. The molecule has 330 valence electrons. The van der Waals surface area contributed by atoms with Crippen LogP contribution in [0.4, 0.5) is 10.5 Å². The van der Waals surface area contributed by atoms with Gasteiger partial charge in [-0.1, -0.05) is 38.1 Å². The maximum Gasteiger partial charge on any atom is 0.410 e. The third-order valence-electron chi connectivity index (χ3n) is 12.8. The minimum Gasteiger partial charge on any atom is -0.458 e. The quantitative estimate of drug-likeness (QED) is 0.126. The van der Waals surface area contributed by atoms with Gasteiger partial charge in [0.2, 0.25) is 0 Å². The van der Waals surface area contributed by atoms with Crippen molar-refractivity contribution in [2.75, 3.05) is 40.0 Å². The number of nitrogens with two attached hydrogens (primary N) is 1. The Kier molecular flexibility index (Phi) is 15.2. The van der Waals surface area contributed by atoms with Gasteiger partial charge in [0.15, 0.2) is 17.7 Å². The molecule has 0 aliphatic carbocycles. The Morgan fingerprint density at radius 3 is 2.46 bits per heavy atom. The number of benzene rings is 1. The SMILES string of the molecule is CC[C@H]1OC(=O)[C@H](C)C(=O)[C@H](C)[C@@H](O[C@@H]2O[C@H](C)CC(N(C)C)C2O)[C@](C)(OC)C[C@@H](C)CN[C@H](C)[C@H]2N(CCCCn3cc(-c4cccc(N)c4)nn3)C(=O)O[C@]12C. The molecule has 0 spiro atoms. The number of rotatable bonds is 11. The molecule has 0 saturated carbocycles. The molecule has 0 bridgehead atoms. The molecule has 2 unspecified atom stereocenters. The van der Waals surface area contributed by atoms with Crippen LogP contribution in [0, 0.1) is 17.8 Å². The number of carbonyl (C=O) groups is 3. The standard InChI is InChI=1S/C43H69N7O9/c1-12-34-43(8)37(50(41(54)59-43)19-14-13-18-49-24-32(46-47-49)30-16-15-17-31(44)21-30)29(6)45-23-25(2)22-42(7,55-11)38(27(4)35(51)28(5)39(53)57-34)58-40-36(52)33(48(9)10)20-26(3)56-40/h15-17,21,24-29,33-34,36-38,40,45,52H,12-14,18-20,22-23,44H2,1-11H3/t25-,26-,27+,28-,29-,33?,34-,36?,37-,38-,40+,42-,43-/m1/s1. The Labute approximate surface area is 349 Å². The van der Waals surface area contributed by atoms with E-state index in [4.69, 9.17) is 29.4 Å². The molecule has 1 aromatic carbocycles. The van der Waals surface area contributed by atoms with Gasteiger partial charge in [0.25, 0.3) is 0 Å². The first kappa shape index (κ1) is 46.4. The zero-order valence-corrected chi connectivity index (χ0v) is 36.9. The van der Waals surface area contributed by atoms with E-state index in [9.17, 15) is 19.5 Å². The summed E-state index contributed by atoms with van der Waals surface area (Å²) in [4.78, 5) is 45.9. The number of nitrogen functional groups attached to an aromatic ring is 1. The summed E-state index contributed by atoms with van der Waals surface area (Å²) in [5.41, 5.74) is 5.95. The zero-order valence-electron chi connectivity index (χ0n) is 36.9. The lowest BCUT2D eigenvalue weighted by molar-refractivity contribution is -0.295. The van der Waals surface area contributed by atoms with Gasteiger partial charge in [0.1, 0.15) is 23.8 Å². The number of amides is 1. The van der Waals surface area contributed by atoms with Gasteiger partial charge in [-0.05, 0) is 105 Å².